The lowest BCUT2D eigenvalue weighted by molar-refractivity contribution is 0.476. The summed E-state index contributed by atoms with van der Waals surface area (Å²) in [6, 6.07) is 8.17. The zero-order valence-electron chi connectivity index (χ0n) is 11.8. The van der Waals surface area contributed by atoms with E-state index < -0.39 is 0 Å². The lowest BCUT2D eigenvalue weighted by Crippen LogP contribution is -2.13. The van der Waals surface area contributed by atoms with E-state index in [4.69, 9.17) is 4.74 Å². The van der Waals surface area contributed by atoms with Gasteiger partial charge in [0.1, 0.15) is 11.5 Å². The SMILES string of the molecule is CCCNCc1ccc(Oc2cncc(Br)c2)c(C)c1. The first kappa shape index (κ1) is 15.0. The Morgan fingerprint density at radius 3 is 2.80 bits per heavy atom. The van der Waals surface area contributed by atoms with Crippen LogP contribution >= 0.6 is 15.9 Å². The van der Waals surface area contributed by atoms with E-state index in [9.17, 15) is 0 Å². The molecule has 1 aromatic heterocycles. The van der Waals surface area contributed by atoms with Gasteiger partial charge in [0.2, 0.25) is 0 Å². The van der Waals surface area contributed by atoms with E-state index in [-0.39, 0.29) is 0 Å². The van der Waals surface area contributed by atoms with Crippen molar-refractivity contribution in [3.63, 3.8) is 0 Å². The average molecular weight is 335 g/mol. The Hall–Kier alpha value is -1.39. The molecule has 0 atom stereocenters. The highest BCUT2D eigenvalue weighted by molar-refractivity contribution is 9.10. The van der Waals surface area contributed by atoms with E-state index in [0.29, 0.717) is 0 Å². The van der Waals surface area contributed by atoms with Gasteiger partial charge in [-0.1, -0.05) is 19.1 Å². The second-order valence-corrected chi connectivity index (χ2v) is 5.63. The van der Waals surface area contributed by atoms with Crippen LogP contribution in [-0.4, -0.2) is 11.5 Å². The van der Waals surface area contributed by atoms with E-state index in [1.54, 1.807) is 12.4 Å². The zero-order valence-corrected chi connectivity index (χ0v) is 13.4. The minimum absolute atomic E-state index is 0.735. The van der Waals surface area contributed by atoms with Crippen LogP contribution in [0.15, 0.2) is 41.1 Å². The molecule has 1 N–H and O–H groups in total. The maximum Gasteiger partial charge on any atom is 0.146 e. The Morgan fingerprint density at radius 2 is 2.10 bits per heavy atom. The van der Waals surface area contributed by atoms with Crippen molar-refractivity contribution in [1.29, 1.82) is 0 Å². The number of nitrogens with zero attached hydrogens (tertiary/aromatic N) is 1. The van der Waals surface area contributed by atoms with Crippen LogP contribution in [0.3, 0.4) is 0 Å². The molecule has 0 amide bonds. The van der Waals surface area contributed by atoms with Crippen LogP contribution in [0.2, 0.25) is 0 Å². The number of rotatable bonds is 6. The van der Waals surface area contributed by atoms with Crippen molar-refractivity contribution >= 4 is 15.9 Å². The molecule has 0 unspecified atom stereocenters. The molecule has 0 radical (unpaired) electrons. The molecule has 0 saturated carbocycles. The fraction of sp³-hybridized carbons (Fsp3) is 0.312. The molecule has 3 nitrogen and oxygen atoms in total. The van der Waals surface area contributed by atoms with Crippen LogP contribution in [0.5, 0.6) is 11.5 Å². The van der Waals surface area contributed by atoms with E-state index >= 15 is 0 Å². The average Bonchev–Trinajstić information content (AvgIpc) is 2.42. The van der Waals surface area contributed by atoms with E-state index in [0.717, 1.165) is 41.0 Å². The lowest BCUT2D eigenvalue weighted by Gasteiger charge is -2.11. The van der Waals surface area contributed by atoms with Gasteiger partial charge in [-0.3, -0.25) is 4.98 Å². The zero-order chi connectivity index (χ0) is 14.4. The monoisotopic (exact) mass is 334 g/mol. The maximum atomic E-state index is 5.86. The van der Waals surface area contributed by atoms with Crippen molar-refractivity contribution < 1.29 is 4.74 Å². The maximum absolute atomic E-state index is 5.86. The van der Waals surface area contributed by atoms with Crippen LogP contribution in [0.25, 0.3) is 0 Å². The van der Waals surface area contributed by atoms with Crippen LogP contribution in [0.4, 0.5) is 0 Å². The van der Waals surface area contributed by atoms with E-state index in [2.05, 4.69) is 52.2 Å². The Morgan fingerprint density at radius 1 is 1.25 bits per heavy atom. The minimum Gasteiger partial charge on any atom is -0.455 e. The minimum atomic E-state index is 0.735. The van der Waals surface area contributed by atoms with Gasteiger partial charge < -0.3 is 10.1 Å². The fourth-order valence-corrected chi connectivity index (χ4v) is 2.26. The quantitative estimate of drug-likeness (QED) is 0.792. The van der Waals surface area contributed by atoms with Crippen LogP contribution < -0.4 is 10.1 Å². The van der Waals surface area contributed by atoms with Crippen molar-refractivity contribution in [2.24, 2.45) is 0 Å². The van der Waals surface area contributed by atoms with Crippen molar-refractivity contribution in [3.05, 3.63) is 52.3 Å². The highest BCUT2D eigenvalue weighted by Crippen LogP contribution is 2.26. The van der Waals surface area contributed by atoms with Gasteiger partial charge in [0.25, 0.3) is 0 Å². The van der Waals surface area contributed by atoms with Gasteiger partial charge in [0.05, 0.1) is 6.20 Å². The third-order valence-corrected chi connectivity index (χ3v) is 3.34. The molecular formula is C16H19BrN2O. The fourth-order valence-electron chi connectivity index (χ4n) is 1.92. The summed E-state index contributed by atoms with van der Waals surface area (Å²) in [6.07, 6.45) is 4.60. The number of aryl methyl sites for hydroxylation is 1. The smallest absolute Gasteiger partial charge is 0.146 e. The molecule has 0 aliphatic carbocycles. The van der Waals surface area contributed by atoms with Crippen molar-refractivity contribution in [3.8, 4) is 11.5 Å². The van der Waals surface area contributed by atoms with Gasteiger partial charge in [-0.25, -0.2) is 0 Å². The van der Waals surface area contributed by atoms with Gasteiger partial charge in [0.15, 0.2) is 0 Å². The number of aromatic nitrogens is 1. The normalized spacial score (nSPS) is 10.6. The largest absolute Gasteiger partial charge is 0.455 e. The third-order valence-electron chi connectivity index (χ3n) is 2.90. The summed E-state index contributed by atoms with van der Waals surface area (Å²) < 4.78 is 6.77. The summed E-state index contributed by atoms with van der Waals surface area (Å²) >= 11 is 3.39. The van der Waals surface area contributed by atoms with Gasteiger partial charge in [-0.2, -0.15) is 0 Å². The summed E-state index contributed by atoms with van der Waals surface area (Å²) in [4.78, 5) is 4.10. The summed E-state index contributed by atoms with van der Waals surface area (Å²) in [7, 11) is 0. The molecule has 106 valence electrons. The van der Waals surface area contributed by atoms with E-state index in [1.807, 2.05) is 12.1 Å². The summed E-state index contributed by atoms with van der Waals surface area (Å²) in [5, 5.41) is 3.40. The molecule has 0 aliphatic rings. The first-order chi connectivity index (χ1) is 9.69. The predicted octanol–water partition coefficient (Wildman–Crippen LogP) is 4.44. The Balaban J connectivity index is 2.06. The molecule has 4 heteroatoms. The molecule has 2 aromatic rings. The van der Waals surface area contributed by atoms with Crippen LogP contribution in [0, 0.1) is 6.92 Å². The highest BCUT2D eigenvalue weighted by Gasteiger charge is 2.04. The highest BCUT2D eigenvalue weighted by atomic mass is 79.9. The molecule has 0 spiro atoms. The van der Waals surface area contributed by atoms with E-state index in [1.165, 1.54) is 5.56 Å². The van der Waals surface area contributed by atoms with Crippen molar-refractivity contribution in [2.75, 3.05) is 6.54 Å². The number of hydrogen-bond donors (Lipinski definition) is 1. The molecule has 0 saturated heterocycles. The van der Waals surface area contributed by atoms with Gasteiger partial charge in [-0.05, 0) is 59.1 Å². The van der Waals surface area contributed by atoms with Gasteiger partial charge in [-0.15, -0.1) is 0 Å². The van der Waals surface area contributed by atoms with Gasteiger partial charge >= 0.3 is 0 Å². The summed E-state index contributed by atoms with van der Waals surface area (Å²) in [6.45, 7) is 6.17. The third kappa shape index (κ3) is 4.32. The number of hydrogen-bond acceptors (Lipinski definition) is 3. The first-order valence-corrected chi connectivity index (χ1v) is 7.57. The topological polar surface area (TPSA) is 34.1 Å². The predicted molar refractivity (Wildman–Crippen MR) is 85.2 cm³/mol. The van der Waals surface area contributed by atoms with Crippen molar-refractivity contribution in [1.82, 2.24) is 10.3 Å². The molecule has 20 heavy (non-hydrogen) atoms. The van der Waals surface area contributed by atoms with Crippen molar-refractivity contribution in [2.45, 2.75) is 26.8 Å². The first-order valence-electron chi connectivity index (χ1n) is 6.77. The Bertz CT molecular complexity index is 572. The Kier molecular flexibility index (Phi) is 5.56. The second-order valence-electron chi connectivity index (χ2n) is 4.72. The molecule has 1 aromatic carbocycles. The van der Waals surface area contributed by atoms with Crippen LogP contribution in [-0.2, 0) is 6.54 Å². The summed E-state index contributed by atoms with van der Waals surface area (Å²) in [5.74, 6) is 1.60. The molecule has 0 bridgehead atoms. The van der Waals surface area contributed by atoms with Gasteiger partial charge in [0, 0.05) is 17.2 Å². The number of pyridine rings is 1. The number of benzene rings is 1. The van der Waals surface area contributed by atoms with Crippen LogP contribution in [0.1, 0.15) is 24.5 Å². The molecule has 0 fully saturated rings. The lowest BCUT2D eigenvalue weighted by atomic mass is 10.1. The Labute approximate surface area is 128 Å². The molecule has 1 heterocycles. The number of nitrogens with one attached hydrogen (secondary N) is 1. The molecule has 2 rings (SSSR count). The standard InChI is InChI=1S/C16H19BrN2O/c1-3-6-18-9-13-4-5-16(12(2)7-13)20-15-8-14(17)10-19-11-15/h4-5,7-8,10-11,18H,3,6,9H2,1-2H3. The number of ether oxygens (including phenoxy) is 1. The number of halogens is 1. The second kappa shape index (κ2) is 7.41. The molecule has 0 aliphatic heterocycles. The molecular weight excluding hydrogens is 316 g/mol. The summed E-state index contributed by atoms with van der Waals surface area (Å²) in [5.41, 5.74) is 2.40.